The molecular formula is C37H42ClN3O4S. The molecule has 2 amide bonds. The molecule has 0 spiro atoms. The number of nitrogens with zero attached hydrogens (tertiary/aromatic N) is 2. The molecule has 0 aliphatic carbocycles. The largest absolute Gasteiger partial charge is 0.350 e. The number of para-hydroxylation sites is 1. The molecular weight excluding hydrogens is 618 g/mol. The summed E-state index contributed by atoms with van der Waals surface area (Å²) in [6, 6.07) is 29.4. The number of rotatable bonds is 12. The Bertz CT molecular complexity index is 1750. The fourth-order valence-electron chi connectivity index (χ4n) is 5.22. The second-order valence-electron chi connectivity index (χ2n) is 12.4. The minimum Gasteiger partial charge on any atom is -0.350 e. The smallest absolute Gasteiger partial charge is 0.264 e. The van der Waals surface area contributed by atoms with Gasteiger partial charge in [-0.1, -0.05) is 103 Å². The van der Waals surface area contributed by atoms with Crippen LogP contribution in [0.1, 0.15) is 49.9 Å². The van der Waals surface area contributed by atoms with E-state index in [2.05, 4.69) is 5.32 Å². The van der Waals surface area contributed by atoms with Crippen LogP contribution >= 0.6 is 11.6 Å². The van der Waals surface area contributed by atoms with E-state index in [4.69, 9.17) is 11.6 Å². The van der Waals surface area contributed by atoms with Crippen molar-refractivity contribution in [3.63, 3.8) is 0 Å². The molecule has 0 aliphatic heterocycles. The first-order valence-corrected chi connectivity index (χ1v) is 17.2. The Morgan fingerprint density at radius 2 is 1.41 bits per heavy atom. The van der Waals surface area contributed by atoms with Crippen LogP contribution in [0.5, 0.6) is 0 Å². The predicted octanol–water partition coefficient (Wildman–Crippen LogP) is 6.96. The molecule has 0 aliphatic rings. The molecule has 0 saturated carbocycles. The molecule has 0 saturated heterocycles. The highest BCUT2D eigenvalue weighted by Crippen LogP contribution is 2.29. The number of carbonyl (C=O) groups is 2. The van der Waals surface area contributed by atoms with Crippen molar-refractivity contribution < 1.29 is 18.0 Å². The molecule has 46 heavy (non-hydrogen) atoms. The van der Waals surface area contributed by atoms with E-state index in [-0.39, 0.29) is 23.8 Å². The number of hydrogen-bond acceptors (Lipinski definition) is 4. The topological polar surface area (TPSA) is 86.8 Å². The third-order valence-corrected chi connectivity index (χ3v) is 9.74. The van der Waals surface area contributed by atoms with Gasteiger partial charge in [-0.2, -0.15) is 0 Å². The van der Waals surface area contributed by atoms with E-state index in [1.165, 1.54) is 9.21 Å². The van der Waals surface area contributed by atoms with Gasteiger partial charge in [-0.15, -0.1) is 0 Å². The molecule has 4 aromatic rings. The number of hydrogen-bond donors (Lipinski definition) is 1. The maximum atomic E-state index is 14.7. The highest BCUT2D eigenvalue weighted by molar-refractivity contribution is 7.92. The minimum atomic E-state index is -4.19. The molecule has 4 aromatic carbocycles. The Morgan fingerprint density at radius 3 is 2.02 bits per heavy atom. The van der Waals surface area contributed by atoms with Gasteiger partial charge in [0.05, 0.1) is 10.6 Å². The third-order valence-electron chi connectivity index (χ3n) is 7.60. The Balaban J connectivity index is 1.85. The summed E-state index contributed by atoms with van der Waals surface area (Å²) in [6.45, 7) is 8.93. The van der Waals surface area contributed by atoms with Crippen molar-refractivity contribution in [2.24, 2.45) is 0 Å². The van der Waals surface area contributed by atoms with Crippen LogP contribution in [-0.4, -0.2) is 43.3 Å². The van der Waals surface area contributed by atoms with Crippen molar-refractivity contribution in [3.05, 3.63) is 130 Å². The van der Waals surface area contributed by atoms with E-state index < -0.39 is 34.1 Å². The number of nitrogens with one attached hydrogen (secondary N) is 1. The van der Waals surface area contributed by atoms with E-state index in [1.807, 2.05) is 83.1 Å². The summed E-state index contributed by atoms with van der Waals surface area (Å²) in [7, 11) is -4.19. The van der Waals surface area contributed by atoms with Crippen LogP contribution in [0.25, 0.3) is 0 Å². The zero-order valence-corrected chi connectivity index (χ0v) is 28.6. The molecule has 7 nitrogen and oxygen atoms in total. The van der Waals surface area contributed by atoms with Crippen molar-refractivity contribution >= 4 is 39.1 Å². The van der Waals surface area contributed by atoms with Crippen LogP contribution in [0.15, 0.2) is 108 Å². The molecule has 242 valence electrons. The monoisotopic (exact) mass is 659 g/mol. The third kappa shape index (κ3) is 8.77. The quantitative estimate of drug-likeness (QED) is 0.178. The van der Waals surface area contributed by atoms with Crippen LogP contribution in [0.4, 0.5) is 5.69 Å². The average molecular weight is 660 g/mol. The van der Waals surface area contributed by atoms with E-state index in [0.717, 1.165) is 16.7 Å². The van der Waals surface area contributed by atoms with Crippen molar-refractivity contribution in [3.8, 4) is 0 Å². The summed E-state index contributed by atoms with van der Waals surface area (Å²) in [5.41, 5.74) is 3.02. The summed E-state index contributed by atoms with van der Waals surface area (Å²) in [4.78, 5) is 30.2. The summed E-state index contributed by atoms with van der Waals surface area (Å²) in [5.74, 6) is -0.884. The molecule has 0 radical (unpaired) electrons. The Labute approximate surface area is 278 Å². The van der Waals surface area contributed by atoms with Crippen molar-refractivity contribution in [1.82, 2.24) is 10.2 Å². The Kier molecular flexibility index (Phi) is 11.3. The van der Waals surface area contributed by atoms with Gasteiger partial charge >= 0.3 is 0 Å². The maximum absolute atomic E-state index is 14.7. The van der Waals surface area contributed by atoms with E-state index in [1.54, 1.807) is 54.6 Å². The summed E-state index contributed by atoms with van der Waals surface area (Å²) < 4.78 is 29.8. The lowest BCUT2D eigenvalue weighted by molar-refractivity contribution is -0.140. The summed E-state index contributed by atoms with van der Waals surface area (Å²) in [6.07, 6.45) is 0.771. The van der Waals surface area contributed by atoms with Gasteiger partial charge in [0.25, 0.3) is 10.0 Å². The van der Waals surface area contributed by atoms with Gasteiger partial charge in [0.2, 0.25) is 11.8 Å². The number of aryl methyl sites for hydroxylation is 2. The number of sulfonamides is 1. The van der Waals surface area contributed by atoms with Crippen molar-refractivity contribution in [2.45, 2.75) is 70.5 Å². The standard InChI is InChI=1S/C37H42ClN3O4S/c1-6-29-16-11-13-19-33(29)41(46(44,45)31-22-20-27(2)21-23-31)26-35(42)40(25-30-17-10-12-18-32(30)38)34(36(43)39-37(3,4)5)24-28-14-8-7-9-15-28/h7-23,34H,6,24-26H2,1-5H3,(H,39,43)/t34-/m1/s1. The van der Waals surface area contributed by atoms with Gasteiger partial charge in [-0.3, -0.25) is 13.9 Å². The Morgan fingerprint density at radius 1 is 0.826 bits per heavy atom. The van der Waals surface area contributed by atoms with Crippen LogP contribution in [-0.2, 0) is 39.0 Å². The average Bonchev–Trinajstić information content (AvgIpc) is 3.02. The molecule has 4 rings (SSSR count). The molecule has 1 N–H and O–H groups in total. The van der Waals surface area contributed by atoms with Gasteiger partial charge in [0.1, 0.15) is 12.6 Å². The molecule has 0 bridgehead atoms. The first-order valence-electron chi connectivity index (χ1n) is 15.4. The number of anilines is 1. The van der Waals surface area contributed by atoms with Crippen LogP contribution in [0.2, 0.25) is 5.02 Å². The normalized spacial score (nSPS) is 12.3. The zero-order chi connectivity index (χ0) is 33.5. The summed E-state index contributed by atoms with van der Waals surface area (Å²) in [5, 5.41) is 3.48. The lowest BCUT2D eigenvalue weighted by atomic mass is 10.0. The van der Waals surface area contributed by atoms with Crippen LogP contribution in [0.3, 0.4) is 0 Å². The molecule has 0 heterocycles. The van der Waals surface area contributed by atoms with Gasteiger partial charge in [-0.25, -0.2) is 8.42 Å². The minimum absolute atomic E-state index is 0.00140. The van der Waals surface area contributed by atoms with Gasteiger partial charge in [0, 0.05) is 23.5 Å². The van der Waals surface area contributed by atoms with Crippen LogP contribution < -0.4 is 9.62 Å². The lowest BCUT2D eigenvalue weighted by Gasteiger charge is -2.35. The number of amides is 2. The first kappa shape index (κ1) is 34.7. The van der Waals surface area contributed by atoms with E-state index in [0.29, 0.717) is 22.7 Å². The second kappa shape index (κ2) is 15.0. The molecule has 1 atom stereocenters. The molecule has 0 unspecified atom stereocenters. The lowest BCUT2D eigenvalue weighted by Crippen LogP contribution is -2.56. The molecule has 9 heteroatoms. The van der Waals surface area contributed by atoms with E-state index in [9.17, 15) is 18.0 Å². The second-order valence-corrected chi connectivity index (χ2v) is 14.6. The number of carbonyl (C=O) groups excluding carboxylic acids is 2. The maximum Gasteiger partial charge on any atom is 0.264 e. The molecule has 0 aromatic heterocycles. The van der Waals surface area contributed by atoms with Gasteiger partial charge in [-0.05, 0) is 75.1 Å². The summed E-state index contributed by atoms with van der Waals surface area (Å²) >= 11 is 6.59. The zero-order valence-electron chi connectivity index (χ0n) is 27.0. The van der Waals surface area contributed by atoms with Crippen molar-refractivity contribution in [2.75, 3.05) is 10.8 Å². The predicted molar refractivity (Wildman–Crippen MR) is 185 cm³/mol. The van der Waals surface area contributed by atoms with Gasteiger partial charge in [0.15, 0.2) is 0 Å². The Hall–Kier alpha value is -4.14. The highest BCUT2D eigenvalue weighted by Gasteiger charge is 2.36. The first-order chi connectivity index (χ1) is 21.8. The van der Waals surface area contributed by atoms with Crippen molar-refractivity contribution in [1.29, 1.82) is 0 Å². The van der Waals surface area contributed by atoms with Crippen LogP contribution in [0, 0.1) is 6.92 Å². The van der Waals surface area contributed by atoms with Gasteiger partial charge < -0.3 is 10.2 Å². The fourth-order valence-corrected chi connectivity index (χ4v) is 6.87. The van der Waals surface area contributed by atoms with E-state index >= 15 is 0 Å². The number of benzene rings is 4. The molecule has 0 fully saturated rings. The fraction of sp³-hybridized carbons (Fsp3) is 0.297. The SMILES string of the molecule is CCc1ccccc1N(CC(=O)N(Cc1ccccc1Cl)[C@H](Cc1ccccc1)C(=O)NC(C)(C)C)S(=O)(=O)c1ccc(C)cc1. The number of halogens is 1. The highest BCUT2D eigenvalue weighted by atomic mass is 35.5.